The average molecular weight is 272 g/mol. The van der Waals surface area contributed by atoms with E-state index < -0.39 is 0 Å². The highest BCUT2D eigenvalue weighted by atomic mass is 16.1. The maximum Gasteiger partial charge on any atom is 0.217 e. The molecule has 0 spiro atoms. The molecule has 2 aliphatic rings. The van der Waals surface area contributed by atoms with Crippen LogP contribution in [0.15, 0.2) is 30.3 Å². The van der Waals surface area contributed by atoms with Crippen LogP contribution in [0.3, 0.4) is 0 Å². The van der Waals surface area contributed by atoms with E-state index in [1.54, 1.807) is 6.92 Å². The lowest BCUT2D eigenvalue weighted by atomic mass is 9.81. The van der Waals surface area contributed by atoms with Crippen molar-refractivity contribution in [2.45, 2.75) is 63.7 Å². The quantitative estimate of drug-likeness (QED) is 0.917. The third-order valence-electron chi connectivity index (χ3n) is 4.74. The van der Waals surface area contributed by atoms with Crippen molar-refractivity contribution in [3.63, 3.8) is 0 Å². The van der Waals surface area contributed by atoms with Crippen LogP contribution in [0.25, 0.3) is 0 Å². The fraction of sp³-hybridized carbons (Fsp3) is 0.588. The third-order valence-corrected chi connectivity index (χ3v) is 4.74. The minimum absolute atomic E-state index is 0.115. The van der Waals surface area contributed by atoms with Crippen LogP contribution in [-0.2, 0) is 11.3 Å². The molecule has 3 rings (SSSR count). The molecule has 1 aromatic carbocycles. The number of fused-ring (bicyclic) bond motifs is 2. The lowest BCUT2D eigenvalue weighted by molar-refractivity contribution is -0.120. The highest BCUT2D eigenvalue weighted by Gasteiger charge is 2.38. The lowest BCUT2D eigenvalue weighted by Gasteiger charge is -2.49. The molecule has 3 heteroatoms. The van der Waals surface area contributed by atoms with Gasteiger partial charge in [-0.15, -0.1) is 0 Å². The van der Waals surface area contributed by atoms with Crippen LogP contribution in [0.5, 0.6) is 0 Å². The fourth-order valence-corrected chi connectivity index (χ4v) is 3.94. The number of nitrogens with one attached hydrogen (secondary N) is 1. The zero-order valence-corrected chi connectivity index (χ0v) is 12.2. The van der Waals surface area contributed by atoms with Gasteiger partial charge in [0.05, 0.1) is 0 Å². The molecule has 0 aliphatic carbocycles. The van der Waals surface area contributed by atoms with Gasteiger partial charge in [0.25, 0.3) is 0 Å². The van der Waals surface area contributed by atoms with Gasteiger partial charge in [-0.25, -0.2) is 0 Å². The van der Waals surface area contributed by atoms with E-state index in [0.29, 0.717) is 18.1 Å². The molecular formula is C17H24N2O. The van der Waals surface area contributed by atoms with Crippen LogP contribution in [-0.4, -0.2) is 28.9 Å². The Bertz CT molecular complexity index is 445. The summed E-state index contributed by atoms with van der Waals surface area (Å²) >= 11 is 0. The Morgan fingerprint density at radius 3 is 2.45 bits per heavy atom. The van der Waals surface area contributed by atoms with E-state index in [1.165, 1.54) is 24.8 Å². The van der Waals surface area contributed by atoms with Gasteiger partial charge in [-0.1, -0.05) is 36.8 Å². The number of hydrogen-bond donors (Lipinski definition) is 1. The predicted octanol–water partition coefficient (Wildman–Crippen LogP) is 2.71. The molecule has 2 heterocycles. The Hall–Kier alpha value is -1.35. The van der Waals surface area contributed by atoms with Crippen LogP contribution in [0.4, 0.5) is 0 Å². The van der Waals surface area contributed by atoms with Gasteiger partial charge in [0.1, 0.15) is 0 Å². The molecular weight excluding hydrogens is 248 g/mol. The summed E-state index contributed by atoms with van der Waals surface area (Å²) < 4.78 is 0. The van der Waals surface area contributed by atoms with E-state index in [9.17, 15) is 4.79 Å². The summed E-state index contributed by atoms with van der Waals surface area (Å²) in [5.41, 5.74) is 1.40. The highest BCUT2D eigenvalue weighted by Crippen LogP contribution is 2.35. The van der Waals surface area contributed by atoms with Crippen molar-refractivity contribution in [2.24, 2.45) is 0 Å². The van der Waals surface area contributed by atoms with E-state index in [-0.39, 0.29) is 5.91 Å². The Morgan fingerprint density at radius 1 is 1.20 bits per heavy atom. The average Bonchev–Trinajstić information content (AvgIpc) is 2.40. The second-order valence-electron chi connectivity index (χ2n) is 6.27. The lowest BCUT2D eigenvalue weighted by Crippen LogP contribution is -2.56. The summed E-state index contributed by atoms with van der Waals surface area (Å²) in [7, 11) is 0. The highest BCUT2D eigenvalue weighted by molar-refractivity contribution is 5.73. The van der Waals surface area contributed by atoms with Crippen molar-refractivity contribution in [2.75, 3.05) is 0 Å². The Morgan fingerprint density at radius 2 is 1.85 bits per heavy atom. The zero-order valence-electron chi connectivity index (χ0n) is 12.2. The molecule has 1 aromatic rings. The molecule has 2 aliphatic heterocycles. The molecule has 20 heavy (non-hydrogen) atoms. The number of rotatable bonds is 3. The molecule has 0 saturated carbocycles. The monoisotopic (exact) mass is 272 g/mol. The van der Waals surface area contributed by atoms with Gasteiger partial charge in [-0.2, -0.15) is 0 Å². The first-order chi connectivity index (χ1) is 9.72. The standard InChI is InChI=1S/C17H24N2O/c1-13(20)18-15-10-16-8-5-9-17(11-15)19(16)12-14-6-3-2-4-7-14/h2-4,6-7,15-17H,5,8-12H2,1H3,(H,18,20)/t16-,17-/m0/s1. The van der Waals surface area contributed by atoms with Gasteiger partial charge in [0.2, 0.25) is 5.91 Å². The van der Waals surface area contributed by atoms with Crippen molar-refractivity contribution in [1.29, 1.82) is 0 Å². The predicted molar refractivity (Wildman–Crippen MR) is 80.3 cm³/mol. The smallest absolute Gasteiger partial charge is 0.217 e. The summed E-state index contributed by atoms with van der Waals surface area (Å²) in [6.07, 6.45) is 6.12. The summed E-state index contributed by atoms with van der Waals surface area (Å²) in [5.74, 6) is 0.115. The number of carbonyl (C=O) groups excluding carboxylic acids is 1. The van der Waals surface area contributed by atoms with Crippen LogP contribution in [0.1, 0.15) is 44.6 Å². The maximum absolute atomic E-state index is 11.3. The van der Waals surface area contributed by atoms with Gasteiger partial charge in [0, 0.05) is 31.6 Å². The second-order valence-corrected chi connectivity index (χ2v) is 6.27. The Kier molecular flexibility index (Phi) is 4.06. The van der Waals surface area contributed by atoms with Crippen molar-refractivity contribution in [3.05, 3.63) is 35.9 Å². The van der Waals surface area contributed by atoms with Gasteiger partial charge < -0.3 is 5.32 Å². The molecule has 0 radical (unpaired) electrons. The maximum atomic E-state index is 11.3. The molecule has 0 aromatic heterocycles. The SMILES string of the molecule is CC(=O)NC1C[C@@H]2CCC[C@@H](C1)N2Cc1ccccc1. The molecule has 3 nitrogen and oxygen atoms in total. The van der Waals surface area contributed by atoms with Crippen LogP contribution < -0.4 is 5.32 Å². The summed E-state index contributed by atoms with van der Waals surface area (Å²) in [6, 6.07) is 12.4. The first-order valence-electron chi connectivity index (χ1n) is 7.79. The Labute approximate surface area is 121 Å². The van der Waals surface area contributed by atoms with Gasteiger partial charge in [-0.05, 0) is 31.2 Å². The van der Waals surface area contributed by atoms with Crippen LogP contribution >= 0.6 is 0 Å². The van der Waals surface area contributed by atoms with Gasteiger partial charge >= 0.3 is 0 Å². The van der Waals surface area contributed by atoms with E-state index in [1.807, 2.05) is 0 Å². The van der Waals surface area contributed by atoms with E-state index in [4.69, 9.17) is 0 Å². The molecule has 2 fully saturated rings. The molecule has 1 amide bonds. The van der Waals surface area contributed by atoms with Crippen molar-refractivity contribution in [3.8, 4) is 0 Å². The number of amides is 1. The van der Waals surface area contributed by atoms with Gasteiger partial charge in [0.15, 0.2) is 0 Å². The number of carbonyl (C=O) groups is 1. The third kappa shape index (κ3) is 3.04. The van der Waals surface area contributed by atoms with Crippen molar-refractivity contribution >= 4 is 5.91 Å². The first kappa shape index (κ1) is 13.6. The summed E-state index contributed by atoms with van der Waals surface area (Å²) in [5, 5.41) is 3.13. The van der Waals surface area contributed by atoms with E-state index >= 15 is 0 Å². The molecule has 0 unspecified atom stereocenters. The first-order valence-corrected chi connectivity index (χ1v) is 7.79. The molecule has 108 valence electrons. The van der Waals surface area contributed by atoms with Gasteiger partial charge in [-0.3, -0.25) is 9.69 Å². The summed E-state index contributed by atoms with van der Waals surface area (Å²) in [4.78, 5) is 14.0. The van der Waals surface area contributed by atoms with Crippen molar-refractivity contribution in [1.82, 2.24) is 10.2 Å². The minimum atomic E-state index is 0.115. The van der Waals surface area contributed by atoms with Crippen LogP contribution in [0, 0.1) is 0 Å². The number of nitrogens with zero attached hydrogens (tertiary/aromatic N) is 1. The molecule has 2 atom stereocenters. The minimum Gasteiger partial charge on any atom is -0.353 e. The fourth-order valence-electron chi connectivity index (χ4n) is 3.94. The van der Waals surface area contributed by atoms with Crippen LogP contribution in [0.2, 0.25) is 0 Å². The topological polar surface area (TPSA) is 32.3 Å². The van der Waals surface area contributed by atoms with E-state index in [2.05, 4.69) is 40.5 Å². The summed E-state index contributed by atoms with van der Waals surface area (Å²) in [6.45, 7) is 2.69. The molecule has 2 saturated heterocycles. The number of piperidine rings is 2. The zero-order chi connectivity index (χ0) is 13.9. The molecule has 1 N–H and O–H groups in total. The van der Waals surface area contributed by atoms with Crippen molar-refractivity contribution < 1.29 is 4.79 Å². The molecule has 2 bridgehead atoms. The largest absolute Gasteiger partial charge is 0.353 e. The number of benzene rings is 1. The normalized spacial score (nSPS) is 29.9. The van der Waals surface area contributed by atoms with E-state index in [0.717, 1.165) is 19.4 Å². The Balaban J connectivity index is 1.69. The second kappa shape index (κ2) is 5.96. The number of hydrogen-bond acceptors (Lipinski definition) is 2.